The van der Waals surface area contributed by atoms with Crippen LogP contribution in [-0.2, 0) is 9.53 Å². The van der Waals surface area contributed by atoms with Gasteiger partial charge in [-0.1, -0.05) is 0 Å². The average molecular weight is 409 g/mol. The maximum absolute atomic E-state index is 11.6. The zero-order valence-electron chi connectivity index (χ0n) is 18.3. The van der Waals surface area contributed by atoms with Crippen LogP contribution < -0.4 is 16.0 Å². The van der Waals surface area contributed by atoms with Crippen molar-refractivity contribution >= 4 is 11.9 Å². The first-order valence-electron chi connectivity index (χ1n) is 11.5. The number of aliphatic imine (C=N–C) groups is 1. The zero-order chi connectivity index (χ0) is 20.5. The summed E-state index contributed by atoms with van der Waals surface area (Å²) in [6.07, 6.45) is 6.83. The lowest BCUT2D eigenvalue weighted by Gasteiger charge is -2.43. The lowest BCUT2D eigenvalue weighted by molar-refractivity contribution is -0.122. The summed E-state index contributed by atoms with van der Waals surface area (Å²) in [4.78, 5) is 21.5. The van der Waals surface area contributed by atoms with Crippen LogP contribution in [0.5, 0.6) is 0 Å². The predicted octanol–water partition coefficient (Wildman–Crippen LogP) is 0.397. The van der Waals surface area contributed by atoms with Gasteiger partial charge in [-0.2, -0.15) is 0 Å². The molecule has 0 radical (unpaired) electrons. The molecule has 3 saturated heterocycles. The number of piperidine rings is 1. The van der Waals surface area contributed by atoms with Crippen molar-refractivity contribution in [2.45, 2.75) is 57.0 Å². The van der Waals surface area contributed by atoms with Gasteiger partial charge in [0.25, 0.3) is 0 Å². The fraction of sp³-hybridized carbons (Fsp3) is 0.905. The van der Waals surface area contributed by atoms with Crippen molar-refractivity contribution in [1.82, 2.24) is 25.8 Å². The Balaban J connectivity index is 1.56. The van der Waals surface area contributed by atoms with Crippen LogP contribution in [0.2, 0.25) is 0 Å². The highest BCUT2D eigenvalue weighted by Gasteiger charge is 2.39. The first-order chi connectivity index (χ1) is 14.1. The molecule has 3 aliphatic heterocycles. The third kappa shape index (κ3) is 6.30. The number of guanidine groups is 1. The minimum atomic E-state index is 0.0926. The maximum atomic E-state index is 11.6. The molecule has 0 saturated carbocycles. The number of carbonyl (C=O) groups is 1. The molecule has 0 unspecified atom stereocenters. The Bertz CT molecular complexity index is 535. The highest BCUT2D eigenvalue weighted by Crippen LogP contribution is 2.31. The number of likely N-dealkylation sites (N-methyl/N-ethyl adjacent to an activating group) is 1. The first kappa shape index (κ1) is 22.3. The van der Waals surface area contributed by atoms with Gasteiger partial charge in [0.15, 0.2) is 5.96 Å². The third-order valence-electron chi connectivity index (χ3n) is 6.65. The molecule has 0 aromatic carbocycles. The number of likely N-dealkylation sites (tertiary alicyclic amines) is 2. The molecule has 8 heteroatoms. The van der Waals surface area contributed by atoms with Gasteiger partial charge in [0.05, 0.1) is 13.1 Å². The van der Waals surface area contributed by atoms with Crippen molar-refractivity contribution < 1.29 is 9.53 Å². The number of nitrogens with one attached hydrogen (secondary N) is 3. The lowest BCUT2D eigenvalue weighted by Crippen LogP contribution is -2.54. The molecule has 8 nitrogen and oxygen atoms in total. The molecule has 0 aromatic rings. The fourth-order valence-electron chi connectivity index (χ4n) is 4.77. The van der Waals surface area contributed by atoms with Crippen molar-refractivity contribution in [1.29, 1.82) is 0 Å². The number of nitrogens with zero attached hydrogens (tertiary/aromatic N) is 3. The maximum Gasteiger partial charge on any atom is 0.233 e. The summed E-state index contributed by atoms with van der Waals surface area (Å²) in [5, 5.41) is 9.80. The number of amides is 1. The van der Waals surface area contributed by atoms with E-state index < -0.39 is 0 Å². The lowest BCUT2D eigenvalue weighted by atomic mass is 9.88. The first-order valence-corrected chi connectivity index (χ1v) is 11.5. The number of hydrogen-bond donors (Lipinski definition) is 3. The summed E-state index contributed by atoms with van der Waals surface area (Å²) >= 11 is 0. The minimum absolute atomic E-state index is 0.0926. The second-order valence-corrected chi connectivity index (χ2v) is 8.59. The van der Waals surface area contributed by atoms with Crippen molar-refractivity contribution in [3.63, 3.8) is 0 Å². The van der Waals surface area contributed by atoms with Gasteiger partial charge in [-0.25, -0.2) is 0 Å². The Hall–Kier alpha value is -1.38. The molecular formula is C21H40N6O2. The Morgan fingerprint density at radius 3 is 2.45 bits per heavy atom. The van der Waals surface area contributed by atoms with Crippen molar-refractivity contribution in [3.8, 4) is 0 Å². The van der Waals surface area contributed by atoms with Gasteiger partial charge in [-0.3, -0.25) is 19.6 Å². The Morgan fingerprint density at radius 1 is 1.14 bits per heavy atom. The van der Waals surface area contributed by atoms with E-state index >= 15 is 0 Å². The predicted molar refractivity (Wildman–Crippen MR) is 116 cm³/mol. The van der Waals surface area contributed by atoms with Crippen LogP contribution in [0, 0.1) is 0 Å². The topological polar surface area (TPSA) is 81.2 Å². The minimum Gasteiger partial charge on any atom is -0.381 e. The van der Waals surface area contributed by atoms with E-state index in [1.54, 1.807) is 7.05 Å². The van der Waals surface area contributed by atoms with Crippen LogP contribution in [0.15, 0.2) is 4.99 Å². The van der Waals surface area contributed by atoms with Gasteiger partial charge in [-0.05, 0) is 58.5 Å². The van der Waals surface area contributed by atoms with Crippen molar-refractivity contribution in [2.75, 3.05) is 66.1 Å². The molecule has 3 aliphatic rings. The summed E-state index contributed by atoms with van der Waals surface area (Å²) in [7, 11) is 1.70. The Kier molecular flexibility index (Phi) is 8.56. The molecule has 0 atom stereocenters. The van der Waals surface area contributed by atoms with E-state index in [2.05, 4.69) is 32.7 Å². The second-order valence-electron chi connectivity index (χ2n) is 8.59. The summed E-state index contributed by atoms with van der Waals surface area (Å²) in [5.74, 6) is 1.03. The number of hydrogen-bond acceptors (Lipinski definition) is 5. The molecule has 3 fully saturated rings. The van der Waals surface area contributed by atoms with E-state index in [0.717, 1.165) is 71.0 Å². The van der Waals surface area contributed by atoms with E-state index in [-0.39, 0.29) is 11.4 Å². The molecular weight excluding hydrogens is 368 g/mol. The molecule has 0 aromatic heterocycles. The molecule has 3 heterocycles. The van der Waals surface area contributed by atoms with Gasteiger partial charge < -0.3 is 20.7 Å². The molecule has 3 rings (SSSR count). The molecule has 0 bridgehead atoms. The summed E-state index contributed by atoms with van der Waals surface area (Å²) in [6.45, 7) is 10.3. The number of carbonyl (C=O) groups excluding carboxylic acids is 1. The normalized spacial score (nSPS) is 24.4. The molecule has 0 aliphatic carbocycles. The van der Waals surface area contributed by atoms with Gasteiger partial charge in [-0.15, -0.1) is 0 Å². The third-order valence-corrected chi connectivity index (χ3v) is 6.65. The largest absolute Gasteiger partial charge is 0.381 e. The highest BCUT2D eigenvalue weighted by atomic mass is 16.5. The summed E-state index contributed by atoms with van der Waals surface area (Å²) in [5.41, 5.74) is 0.161. The molecule has 1 amide bonds. The fourth-order valence-corrected chi connectivity index (χ4v) is 4.77. The van der Waals surface area contributed by atoms with Gasteiger partial charge in [0, 0.05) is 51.5 Å². The molecule has 3 N–H and O–H groups in total. The van der Waals surface area contributed by atoms with Crippen LogP contribution >= 0.6 is 0 Å². The highest BCUT2D eigenvalue weighted by molar-refractivity contribution is 5.80. The second kappa shape index (κ2) is 11.1. The summed E-state index contributed by atoms with van der Waals surface area (Å²) < 4.78 is 5.67. The Labute approximate surface area is 175 Å². The van der Waals surface area contributed by atoms with Gasteiger partial charge in [0.1, 0.15) is 0 Å². The summed E-state index contributed by atoms with van der Waals surface area (Å²) in [6, 6.07) is 0.408. The van der Waals surface area contributed by atoms with Crippen LogP contribution in [0.4, 0.5) is 0 Å². The molecule has 0 spiro atoms. The average Bonchev–Trinajstić information content (AvgIpc) is 3.30. The van der Waals surface area contributed by atoms with Gasteiger partial charge in [0.2, 0.25) is 5.91 Å². The van der Waals surface area contributed by atoms with Crippen LogP contribution in [0.25, 0.3) is 0 Å². The van der Waals surface area contributed by atoms with Crippen molar-refractivity contribution in [3.05, 3.63) is 0 Å². The van der Waals surface area contributed by atoms with E-state index in [1.807, 2.05) is 0 Å². The SMILES string of the molecule is CCNC(=NCC1(N2CCCC2)CCOCC1)NC1CCN(CC(=O)NC)CC1. The Morgan fingerprint density at radius 2 is 1.83 bits per heavy atom. The monoisotopic (exact) mass is 408 g/mol. The molecule has 29 heavy (non-hydrogen) atoms. The van der Waals surface area contributed by atoms with Crippen LogP contribution in [0.1, 0.15) is 45.4 Å². The van der Waals surface area contributed by atoms with Crippen LogP contribution in [0.3, 0.4) is 0 Å². The standard InChI is InChI=1S/C21H40N6O2/c1-3-23-20(25-18-6-12-26(13-7-18)16-19(28)22-2)24-17-21(8-14-29-15-9-21)27-10-4-5-11-27/h18H,3-17H2,1-2H3,(H,22,28)(H2,23,24,25). The van der Waals surface area contributed by atoms with Gasteiger partial charge >= 0.3 is 0 Å². The van der Waals surface area contributed by atoms with Crippen molar-refractivity contribution in [2.24, 2.45) is 4.99 Å². The van der Waals surface area contributed by atoms with E-state index in [1.165, 1.54) is 25.9 Å². The zero-order valence-corrected chi connectivity index (χ0v) is 18.3. The molecule has 166 valence electrons. The van der Waals surface area contributed by atoms with E-state index in [9.17, 15) is 4.79 Å². The number of rotatable bonds is 7. The van der Waals surface area contributed by atoms with E-state index in [0.29, 0.717) is 12.6 Å². The van der Waals surface area contributed by atoms with E-state index in [4.69, 9.17) is 9.73 Å². The quantitative estimate of drug-likeness (QED) is 0.418. The van der Waals surface area contributed by atoms with Crippen LogP contribution in [-0.4, -0.2) is 99.3 Å². The number of ether oxygens (including phenoxy) is 1. The smallest absolute Gasteiger partial charge is 0.233 e.